The third kappa shape index (κ3) is 3.09. The van der Waals surface area contributed by atoms with Gasteiger partial charge in [-0.05, 0) is 44.4 Å². The van der Waals surface area contributed by atoms with Crippen molar-refractivity contribution in [3.8, 4) is 5.88 Å². The van der Waals surface area contributed by atoms with Crippen LogP contribution in [0.15, 0.2) is 18.3 Å². The van der Waals surface area contributed by atoms with Crippen molar-refractivity contribution in [2.45, 2.75) is 38.7 Å². The lowest BCUT2D eigenvalue weighted by atomic mass is 9.89. The maximum atomic E-state index is 11.4. The Morgan fingerprint density at radius 3 is 3.00 bits per heavy atom. The van der Waals surface area contributed by atoms with Crippen molar-refractivity contribution >= 4 is 5.69 Å². The fourth-order valence-corrected chi connectivity index (χ4v) is 2.36. The molecule has 2 atom stereocenters. The summed E-state index contributed by atoms with van der Waals surface area (Å²) in [5.41, 5.74) is 0.505. The summed E-state index contributed by atoms with van der Waals surface area (Å²) in [6, 6.07) is 3.49. The van der Waals surface area contributed by atoms with E-state index in [-0.39, 0.29) is 6.10 Å². The van der Waals surface area contributed by atoms with Crippen molar-refractivity contribution in [1.82, 2.24) is 4.98 Å². The van der Waals surface area contributed by atoms with Crippen LogP contribution in [0.5, 0.6) is 5.88 Å². The van der Waals surface area contributed by atoms with Crippen LogP contribution in [-0.2, 0) is 0 Å². The van der Waals surface area contributed by atoms with E-state index in [2.05, 4.69) is 11.9 Å². The molecule has 0 aromatic carbocycles. The summed E-state index contributed by atoms with van der Waals surface area (Å²) >= 11 is 0. The summed E-state index contributed by atoms with van der Waals surface area (Å²) in [7, 11) is 1.47. The molecule has 2 rings (SSSR count). The normalized spacial score (nSPS) is 24.4. The number of ether oxygens (including phenoxy) is 1. The van der Waals surface area contributed by atoms with E-state index >= 15 is 0 Å². The fraction of sp³-hybridized carbons (Fsp3) is 0.615. The van der Waals surface area contributed by atoms with Crippen LogP contribution in [0.1, 0.15) is 32.6 Å². The minimum absolute atomic E-state index is 0.201. The fourth-order valence-electron chi connectivity index (χ4n) is 2.36. The molecule has 1 fully saturated rings. The van der Waals surface area contributed by atoms with E-state index < -0.39 is 0 Å². The van der Waals surface area contributed by atoms with E-state index in [1.807, 2.05) is 0 Å². The molecule has 1 aliphatic carbocycles. The molecule has 0 radical (unpaired) electrons. The van der Waals surface area contributed by atoms with Gasteiger partial charge in [-0.15, -0.1) is 0 Å². The highest BCUT2D eigenvalue weighted by molar-refractivity contribution is 5.54. The smallest absolute Gasteiger partial charge is 0.237 e. The standard InChI is InChI=1S/C13H19N2O2/c1-10-5-3-6-11(9-10)17-13-12(15(2)16)7-4-8-14-13/h4,7-8,10-11H,3,5-6,9H2,1-2H3/q-1/t10-,11-/m1/s1. The second-order valence-corrected chi connectivity index (χ2v) is 4.84. The van der Waals surface area contributed by atoms with E-state index in [1.54, 1.807) is 18.3 Å². The van der Waals surface area contributed by atoms with Crippen LogP contribution in [0.4, 0.5) is 5.69 Å². The van der Waals surface area contributed by atoms with Gasteiger partial charge in [-0.3, -0.25) is 0 Å². The van der Waals surface area contributed by atoms with E-state index in [1.165, 1.54) is 19.9 Å². The van der Waals surface area contributed by atoms with Crippen LogP contribution in [0.25, 0.3) is 0 Å². The molecule has 17 heavy (non-hydrogen) atoms. The summed E-state index contributed by atoms with van der Waals surface area (Å²) < 4.78 is 5.87. The quantitative estimate of drug-likeness (QED) is 0.756. The topological polar surface area (TPSA) is 48.4 Å². The zero-order chi connectivity index (χ0) is 12.3. The van der Waals surface area contributed by atoms with Gasteiger partial charge in [-0.2, -0.15) is 0 Å². The summed E-state index contributed by atoms with van der Waals surface area (Å²) in [6.07, 6.45) is 6.45. The molecule has 0 N–H and O–H groups in total. The van der Waals surface area contributed by atoms with Gasteiger partial charge < -0.3 is 15.0 Å². The van der Waals surface area contributed by atoms with E-state index in [0.29, 0.717) is 17.5 Å². The highest BCUT2D eigenvalue weighted by atomic mass is 16.5. The predicted octanol–water partition coefficient (Wildman–Crippen LogP) is 2.97. The van der Waals surface area contributed by atoms with Crippen molar-refractivity contribution in [2.75, 3.05) is 12.1 Å². The number of hydroxylamine groups is 1. The second-order valence-electron chi connectivity index (χ2n) is 4.84. The molecular weight excluding hydrogens is 216 g/mol. The Bertz CT molecular complexity index is 368. The van der Waals surface area contributed by atoms with E-state index in [0.717, 1.165) is 17.9 Å². The largest absolute Gasteiger partial charge is 0.758 e. The number of nitrogens with zero attached hydrogens (tertiary/aromatic N) is 2. The average molecular weight is 235 g/mol. The molecule has 1 aliphatic rings. The summed E-state index contributed by atoms with van der Waals surface area (Å²) in [4.78, 5) is 4.16. The van der Waals surface area contributed by atoms with Gasteiger partial charge in [-0.25, -0.2) is 4.98 Å². The van der Waals surface area contributed by atoms with Gasteiger partial charge in [0.2, 0.25) is 5.88 Å². The first kappa shape index (κ1) is 12.2. The number of hydrogen-bond donors (Lipinski definition) is 0. The molecule has 0 unspecified atom stereocenters. The third-order valence-corrected chi connectivity index (χ3v) is 3.26. The Balaban J connectivity index is 2.07. The average Bonchev–Trinajstić information content (AvgIpc) is 2.29. The number of rotatable bonds is 3. The highest BCUT2D eigenvalue weighted by Gasteiger charge is 2.21. The summed E-state index contributed by atoms with van der Waals surface area (Å²) in [6.45, 7) is 2.24. The Labute approximate surface area is 102 Å². The van der Waals surface area contributed by atoms with Gasteiger partial charge in [0, 0.05) is 6.20 Å². The Kier molecular flexibility index (Phi) is 3.84. The van der Waals surface area contributed by atoms with Crippen molar-refractivity contribution in [1.29, 1.82) is 0 Å². The molecular formula is C13H19N2O2-. The molecule has 1 aromatic heterocycles. The van der Waals surface area contributed by atoms with Gasteiger partial charge in [0.15, 0.2) is 0 Å². The van der Waals surface area contributed by atoms with Crippen LogP contribution >= 0.6 is 0 Å². The molecule has 0 bridgehead atoms. The molecule has 4 heteroatoms. The van der Waals surface area contributed by atoms with Gasteiger partial charge >= 0.3 is 0 Å². The van der Waals surface area contributed by atoms with Crippen LogP contribution < -0.4 is 9.80 Å². The van der Waals surface area contributed by atoms with Crippen LogP contribution in [0.3, 0.4) is 0 Å². The molecule has 4 nitrogen and oxygen atoms in total. The SMILES string of the molecule is C[C@@H]1CCC[C@@H](Oc2ncccc2N(C)[O-])C1. The minimum Gasteiger partial charge on any atom is -0.758 e. The molecule has 1 heterocycles. The van der Waals surface area contributed by atoms with Crippen LogP contribution in [0.2, 0.25) is 0 Å². The van der Waals surface area contributed by atoms with E-state index in [4.69, 9.17) is 4.74 Å². The number of pyridine rings is 1. The number of aromatic nitrogens is 1. The van der Waals surface area contributed by atoms with E-state index in [9.17, 15) is 5.21 Å². The maximum Gasteiger partial charge on any atom is 0.237 e. The van der Waals surface area contributed by atoms with Gasteiger partial charge in [0.05, 0.1) is 5.69 Å². The third-order valence-electron chi connectivity index (χ3n) is 3.26. The van der Waals surface area contributed by atoms with Gasteiger partial charge in [-0.1, -0.05) is 13.3 Å². The Morgan fingerprint density at radius 1 is 1.47 bits per heavy atom. The van der Waals surface area contributed by atoms with Crippen LogP contribution in [-0.4, -0.2) is 18.1 Å². The maximum absolute atomic E-state index is 11.4. The molecule has 0 spiro atoms. The highest BCUT2D eigenvalue weighted by Crippen LogP contribution is 2.30. The van der Waals surface area contributed by atoms with Gasteiger partial charge in [0.1, 0.15) is 6.10 Å². The first-order valence-electron chi connectivity index (χ1n) is 6.19. The monoisotopic (exact) mass is 235 g/mol. The first-order valence-corrected chi connectivity index (χ1v) is 6.19. The lowest BCUT2D eigenvalue weighted by Crippen LogP contribution is -2.25. The molecule has 94 valence electrons. The molecule has 1 aromatic rings. The molecule has 0 aliphatic heterocycles. The zero-order valence-electron chi connectivity index (χ0n) is 10.4. The Morgan fingerprint density at radius 2 is 2.29 bits per heavy atom. The lowest BCUT2D eigenvalue weighted by Gasteiger charge is -2.30. The van der Waals surface area contributed by atoms with Crippen LogP contribution in [0, 0.1) is 11.1 Å². The zero-order valence-corrected chi connectivity index (χ0v) is 10.4. The number of anilines is 1. The lowest BCUT2D eigenvalue weighted by molar-refractivity contribution is 0.124. The van der Waals surface area contributed by atoms with Gasteiger partial charge in [0.25, 0.3) is 0 Å². The first-order chi connectivity index (χ1) is 8.16. The summed E-state index contributed by atoms with van der Waals surface area (Å²) in [5, 5.41) is 12.2. The van der Waals surface area contributed by atoms with Crippen molar-refractivity contribution in [3.63, 3.8) is 0 Å². The van der Waals surface area contributed by atoms with Crippen molar-refractivity contribution in [2.24, 2.45) is 5.92 Å². The number of hydrogen-bond acceptors (Lipinski definition) is 4. The van der Waals surface area contributed by atoms with Crippen molar-refractivity contribution in [3.05, 3.63) is 23.5 Å². The molecule has 0 amide bonds. The minimum atomic E-state index is 0.201. The second kappa shape index (κ2) is 5.36. The Hall–Kier alpha value is -1.29. The molecule has 1 saturated carbocycles. The predicted molar refractivity (Wildman–Crippen MR) is 68.1 cm³/mol. The summed E-state index contributed by atoms with van der Waals surface area (Å²) in [5.74, 6) is 1.16. The van der Waals surface area contributed by atoms with Crippen molar-refractivity contribution < 1.29 is 4.74 Å². The molecule has 0 saturated heterocycles.